The van der Waals surface area contributed by atoms with Crippen molar-refractivity contribution in [3.8, 4) is 73.1 Å². The van der Waals surface area contributed by atoms with Crippen LogP contribution in [0.15, 0.2) is 231 Å². The van der Waals surface area contributed by atoms with Crippen molar-refractivity contribution < 1.29 is 0 Å². The van der Waals surface area contributed by atoms with Gasteiger partial charge in [-0.15, -0.1) is 0 Å². The summed E-state index contributed by atoms with van der Waals surface area (Å²) in [5, 5.41) is 15.5. The molecule has 0 bridgehead atoms. The molecule has 3 aromatic heterocycles. The first-order valence-electron chi connectivity index (χ1n) is 21.6. The number of nitrogens with zero attached hydrogens (tertiary/aromatic N) is 4. The standard InChI is InChI=1S/C60H38N4/c61-39-40-35-58(63-54-25-13-11-23-50(54)52-29-27-44(37-56(52)63)48-21-9-7-19-46(48)41-15-3-1-4-16-41)60(43-31-33-62-34-32-43)59(36-40)64-55-26-14-12-24-51(55)53-30-28-45(38-57(53)64)49-22-10-8-20-47(49)42-17-5-2-6-18-42/h1-38H. The summed E-state index contributed by atoms with van der Waals surface area (Å²) in [6, 6.07) is 80.2. The first kappa shape index (κ1) is 37.0. The van der Waals surface area contributed by atoms with Crippen LogP contribution in [-0.4, -0.2) is 14.1 Å². The van der Waals surface area contributed by atoms with Gasteiger partial charge in [-0.05, 0) is 98.6 Å². The van der Waals surface area contributed by atoms with Gasteiger partial charge in [-0.25, -0.2) is 0 Å². The molecule has 0 amide bonds. The maximum atomic E-state index is 11.0. The number of benzene rings is 9. The maximum Gasteiger partial charge on any atom is 0.0993 e. The predicted octanol–water partition coefficient (Wildman–Crippen LogP) is 15.5. The summed E-state index contributed by atoms with van der Waals surface area (Å²) in [5.41, 5.74) is 17.8. The fraction of sp³-hybridized carbons (Fsp3) is 0. The van der Waals surface area contributed by atoms with Gasteiger partial charge in [0.25, 0.3) is 0 Å². The molecule has 12 aromatic rings. The predicted molar refractivity (Wildman–Crippen MR) is 265 cm³/mol. The highest BCUT2D eigenvalue weighted by Gasteiger charge is 2.24. The highest BCUT2D eigenvalue weighted by molar-refractivity contribution is 6.13. The summed E-state index contributed by atoms with van der Waals surface area (Å²) in [6.07, 6.45) is 3.71. The lowest BCUT2D eigenvalue weighted by molar-refractivity contribution is 1.13. The Kier molecular flexibility index (Phi) is 8.84. The van der Waals surface area contributed by atoms with Crippen molar-refractivity contribution in [3.63, 3.8) is 0 Å². The van der Waals surface area contributed by atoms with Crippen LogP contribution >= 0.6 is 0 Å². The molecule has 64 heavy (non-hydrogen) atoms. The first-order valence-corrected chi connectivity index (χ1v) is 21.6. The number of hydrogen-bond acceptors (Lipinski definition) is 2. The lowest BCUT2D eigenvalue weighted by Crippen LogP contribution is -2.05. The Hall–Kier alpha value is -8.78. The zero-order chi connectivity index (χ0) is 42.6. The quantitative estimate of drug-likeness (QED) is 0.161. The number of aromatic nitrogens is 3. The van der Waals surface area contributed by atoms with Crippen molar-refractivity contribution in [1.82, 2.24) is 14.1 Å². The molecule has 0 N–H and O–H groups in total. The summed E-state index contributed by atoms with van der Waals surface area (Å²) < 4.78 is 4.74. The van der Waals surface area contributed by atoms with Crippen molar-refractivity contribution in [2.24, 2.45) is 0 Å². The third-order valence-electron chi connectivity index (χ3n) is 12.7. The Morgan fingerprint density at radius 1 is 0.328 bits per heavy atom. The number of rotatable bonds is 7. The highest BCUT2D eigenvalue weighted by Crippen LogP contribution is 2.45. The van der Waals surface area contributed by atoms with Crippen LogP contribution in [0.2, 0.25) is 0 Å². The van der Waals surface area contributed by atoms with Crippen LogP contribution in [0.25, 0.3) is 111 Å². The second kappa shape index (κ2) is 15.3. The van der Waals surface area contributed by atoms with Crippen LogP contribution in [0.3, 0.4) is 0 Å². The minimum atomic E-state index is 0.566. The Morgan fingerprint density at radius 2 is 0.719 bits per heavy atom. The number of hydrogen-bond donors (Lipinski definition) is 0. The zero-order valence-corrected chi connectivity index (χ0v) is 34.7. The minimum Gasteiger partial charge on any atom is -0.308 e. The van der Waals surface area contributed by atoms with Gasteiger partial charge in [-0.3, -0.25) is 4.98 Å². The molecule has 0 unspecified atom stereocenters. The third-order valence-corrected chi connectivity index (χ3v) is 12.7. The highest BCUT2D eigenvalue weighted by atomic mass is 15.0. The van der Waals surface area contributed by atoms with Crippen LogP contribution < -0.4 is 0 Å². The lowest BCUT2D eigenvalue weighted by atomic mass is 9.94. The zero-order valence-electron chi connectivity index (χ0n) is 34.7. The summed E-state index contributed by atoms with van der Waals surface area (Å²) in [7, 11) is 0. The number of para-hydroxylation sites is 2. The molecular formula is C60H38N4. The lowest BCUT2D eigenvalue weighted by Gasteiger charge is -2.21. The van der Waals surface area contributed by atoms with Crippen LogP contribution in [0.1, 0.15) is 5.56 Å². The molecule has 298 valence electrons. The summed E-state index contributed by atoms with van der Waals surface area (Å²) in [4.78, 5) is 4.48. The molecule has 0 aliphatic heterocycles. The largest absolute Gasteiger partial charge is 0.308 e. The van der Waals surface area contributed by atoms with Gasteiger partial charge in [-0.1, -0.05) is 170 Å². The SMILES string of the molecule is N#Cc1cc(-n2c3ccccc3c3ccc(-c4ccccc4-c4ccccc4)cc32)c(-c2ccncc2)c(-n2c3ccccc3c3ccc(-c4ccccc4-c4ccccc4)cc32)c1. The molecule has 3 heterocycles. The fourth-order valence-corrected chi connectivity index (χ4v) is 9.85. The fourth-order valence-electron chi connectivity index (χ4n) is 9.85. The molecule has 0 atom stereocenters. The van der Waals surface area contributed by atoms with E-state index in [2.05, 4.69) is 239 Å². The van der Waals surface area contributed by atoms with Crippen LogP contribution in [0, 0.1) is 11.3 Å². The van der Waals surface area contributed by atoms with E-state index < -0.39 is 0 Å². The van der Waals surface area contributed by atoms with Crippen molar-refractivity contribution in [1.29, 1.82) is 5.26 Å². The Bertz CT molecular complexity index is 3560. The van der Waals surface area contributed by atoms with E-state index in [0.29, 0.717) is 5.56 Å². The third kappa shape index (κ3) is 6.02. The molecule has 12 rings (SSSR count). The number of nitriles is 1. The second-order valence-electron chi connectivity index (χ2n) is 16.2. The van der Waals surface area contributed by atoms with E-state index in [1.54, 1.807) is 0 Å². The van der Waals surface area contributed by atoms with E-state index in [4.69, 9.17) is 0 Å². The van der Waals surface area contributed by atoms with Gasteiger partial charge in [0.15, 0.2) is 0 Å². The van der Waals surface area contributed by atoms with E-state index in [1.807, 2.05) is 12.4 Å². The minimum absolute atomic E-state index is 0.566. The van der Waals surface area contributed by atoms with E-state index in [0.717, 1.165) is 88.4 Å². The molecule has 0 saturated heterocycles. The Labute approximate surface area is 370 Å². The topological polar surface area (TPSA) is 46.5 Å². The Balaban J connectivity index is 1.17. The average Bonchev–Trinajstić information content (AvgIpc) is 3.88. The average molecular weight is 815 g/mol. The monoisotopic (exact) mass is 814 g/mol. The van der Waals surface area contributed by atoms with Crippen molar-refractivity contribution in [2.75, 3.05) is 0 Å². The van der Waals surface area contributed by atoms with E-state index in [1.165, 1.54) is 22.3 Å². The van der Waals surface area contributed by atoms with Crippen molar-refractivity contribution in [2.45, 2.75) is 0 Å². The smallest absolute Gasteiger partial charge is 0.0993 e. The molecule has 4 heteroatoms. The van der Waals surface area contributed by atoms with Gasteiger partial charge in [0.1, 0.15) is 0 Å². The molecule has 0 spiro atoms. The summed E-state index contributed by atoms with van der Waals surface area (Å²) >= 11 is 0. The van der Waals surface area contributed by atoms with Gasteiger partial charge in [0.2, 0.25) is 0 Å². The molecule has 9 aromatic carbocycles. The first-order chi connectivity index (χ1) is 31.7. The van der Waals surface area contributed by atoms with Crippen molar-refractivity contribution >= 4 is 43.6 Å². The van der Waals surface area contributed by atoms with Gasteiger partial charge in [0.05, 0.1) is 45.1 Å². The van der Waals surface area contributed by atoms with E-state index in [-0.39, 0.29) is 0 Å². The van der Waals surface area contributed by atoms with E-state index in [9.17, 15) is 5.26 Å². The molecular weight excluding hydrogens is 777 g/mol. The van der Waals surface area contributed by atoms with Crippen LogP contribution in [0.5, 0.6) is 0 Å². The van der Waals surface area contributed by atoms with Crippen LogP contribution in [0.4, 0.5) is 0 Å². The molecule has 0 aliphatic carbocycles. The normalized spacial score (nSPS) is 11.4. The van der Waals surface area contributed by atoms with E-state index >= 15 is 0 Å². The number of pyridine rings is 1. The van der Waals surface area contributed by atoms with Gasteiger partial charge < -0.3 is 9.13 Å². The van der Waals surface area contributed by atoms with Crippen LogP contribution in [-0.2, 0) is 0 Å². The van der Waals surface area contributed by atoms with Gasteiger partial charge in [0, 0.05) is 39.5 Å². The summed E-state index contributed by atoms with van der Waals surface area (Å²) in [5.74, 6) is 0. The van der Waals surface area contributed by atoms with Gasteiger partial charge >= 0.3 is 0 Å². The van der Waals surface area contributed by atoms with Gasteiger partial charge in [-0.2, -0.15) is 5.26 Å². The molecule has 0 saturated carbocycles. The number of fused-ring (bicyclic) bond motifs is 6. The Morgan fingerprint density at radius 3 is 1.17 bits per heavy atom. The summed E-state index contributed by atoms with van der Waals surface area (Å²) in [6.45, 7) is 0. The van der Waals surface area contributed by atoms with Crippen molar-refractivity contribution in [3.05, 3.63) is 236 Å². The molecule has 0 radical (unpaired) electrons. The second-order valence-corrected chi connectivity index (χ2v) is 16.2. The molecule has 0 fully saturated rings. The molecule has 0 aliphatic rings. The maximum absolute atomic E-state index is 11.0. The molecule has 4 nitrogen and oxygen atoms in total.